The first-order valence-electron chi connectivity index (χ1n) is 6.03. The largest absolute Gasteiger partial charge is 0.374 e. The zero-order chi connectivity index (χ0) is 12.5. The number of carbonyl (C=O) groups is 1. The Balaban J connectivity index is 2.01. The Labute approximate surface area is 110 Å². The number of carbonyl (C=O) groups excluding carboxylic acids is 1. The van der Waals surface area contributed by atoms with Crippen LogP contribution in [0.15, 0.2) is 23.6 Å². The fourth-order valence-electron chi connectivity index (χ4n) is 2.39. The summed E-state index contributed by atoms with van der Waals surface area (Å²) < 4.78 is 0. The van der Waals surface area contributed by atoms with Crippen LogP contribution in [-0.4, -0.2) is 24.9 Å². The number of thiazole rings is 1. The third-order valence-corrected chi connectivity index (χ3v) is 4.23. The van der Waals surface area contributed by atoms with Crippen molar-refractivity contribution in [1.82, 2.24) is 4.98 Å². The summed E-state index contributed by atoms with van der Waals surface area (Å²) >= 11 is 1.52. The number of rotatable bonds is 2. The molecule has 2 heterocycles. The van der Waals surface area contributed by atoms with Crippen LogP contribution in [-0.2, 0) is 6.42 Å². The molecule has 1 aromatic heterocycles. The van der Waals surface area contributed by atoms with Gasteiger partial charge in [0.2, 0.25) is 0 Å². The van der Waals surface area contributed by atoms with E-state index in [4.69, 9.17) is 0 Å². The fourth-order valence-corrected chi connectivity index (χ4v) is 3.15. The molecule has 0 N–H and O–H groups in total. The van der Waals surface area contributed by atoms with E-state index in [1.165, 1.54) is 29.0 Å². The molecule has 1 aromatic carbocycles. The Hall–Kier alpha value is -1.68. The number of benzene rings is 1. The van der Waals surface area contributed by atoms with Gasteiger partial charge in [-0.05, 0) is 36.6 Å². The summed E-state index contributed by atoms with van der Waals surface area (Å²) in [5.41, 5.74) is 4.33. The summed E-state index contributed by atoms with van der Waals surface area (Å²) in [5, 5.41) is 2.72. The van der Waals surface area contributed by atoms with Crippen LogP contribution in [0.5, 0.6) is 0 Å². The van der Waals surface area contributed by atoms with Gasteiger partial charge in [0.05, 0.1) is 0 Å². The summed E-state index contributed by atoms with van der Waals surface area (Å²) in [5.74, 6) is 0. The van der Waals surface area contributed by atoms with Crippen molar-refractivity contribution >= 4 is 23.3 Å². The van der Waals surface area contributed by atoms with E-state index in [0.29, 0.717) is 5.69 Å². The lowest BCUT2D eigenvalue weighted by molar-refractivity contribution is 0.111. The molecular weight excluding hydrogens is 244 g/mol. The van der Waals surface area contributed by atoms with E-state index in [1.807, 2.05) is 0 Å². The predicted octanol–water partition coefficient (Wildman–Crippen LogP) is 3.01. The molecule has 2 aromatic rings. The lowest BCUT2D eigenvalue weighted by Gasteiger charge is -2.27. The van der Waals surface area contributed by atoms with E-state index in [-0.39, 0.29) is 0 Å². The van der Waals surface area contributed by atoms with Crippen molar-refractivity contribution in [2.45, 2.75) is 12.8 Å². The van der Waals surface area contributed by atoms with Crippen LogP contribution in [0.1, 0.15) is 22.5 Å². The fraction of sp³-hybridized carbons (Fsp3) is 0.286. The number of aromatic nitrogens is 1. The highest BCUT2D eigenvalue weighted by molar-refractivity contribution is 7.13. The van der Waals surface area contributed by atoms with Gasteiger partial charge in [0.25, 0.3) is 0 Å². The molecule has 4 heteroatoms. The standard InChI is InChI=1S/C14H14N2OS/c1-16-6-2-3-10-7-11(4-5-13(10)16)14-15-12(8-17)9-18-14/h4-5,7-9H,2-3,6H2,1H3. The van der Waals surface area contributed by atoms with E-state index in [9.17, 15) is 4.79 Å². The first-order chi connectivity index (χ1) is 8.78. The highest BCUT2D eigenvalue weighted by Gasteiger charge is 2.15. The van der Waals surface area contributed by atoms with Crippen LogP contribution >= 0.6 is 11.3 Å². The van der Waals surface area contributed by atoms with Gasteiger partial charge in [-0.3, -0.25) is 4.79 Å². The minimum Gasteiger partial charge on any atom is -0.374 e. The van der Waals surface area contributed by atoms with Crippen LogP contribution in [0.4, 0.5) is 5.69 Å². The van der Waals surface area contributed by atoms with Gasteiger partial charge in [-0.2, -0.15) is 0 Å². The molecule has 0 bridgehead atoms. The number of aldehydes is 1. The molecule has 0 saturated heterocycles. The maximum atomic E-state index is 10.7. The maximum Gasteiger partial charge on any atom is 0.169 e. The minimum atomic E-state index is 0.518. The van der Waals surface area contributed by atoms with Gasteiger partial charge >= 0.3 is 0 Å². The predicted molar refractivity (Wildman–Crippen MR) is 74.5 cm³/mol. The molecule has 0 unspecified atom stereocenters. The van der Waals surface area contributed by atoms with Crippen molar-refractivity contribution < 1.29 is 4.79 Å². The molecule has 0 fully saturated rings. The molecule has 0 amide bonds. The normalized spacial score (nSPS) is 14.4. The summed E-state index contributed by atoms with van der Waals surface area (Å²) in [7, 11) is 2.13. The van der Waals surface area contributed by atoms with Crippen molar-refractivity contribution in [2.75, 3.05) is 18.5 Å². The second-order valence-electron chi connectivity index (χ2n) is 4.56. The van der Waals surface area contributed by atoms with E-state index >= 15 is 0 Å². The van der Waals surface area contributed by atoms with Crippen LogP contribution in [0.25, 0.3) is 10.6 Å². The Kier molecular flexibility index (Phi) is 2.88. The molecule has 1 aliphatic heterocycles. The van der Waals surface area contributed by atoms with Gasteiger partial charge in [-0.15, -0.1) is 11.3 Å². The van der Waals surface area contributed by atoms with Crippen molar-refractivity contribution in [2.24, 2.45) is 0 Å². The highest BCUT2D eigenvalue weighted by atomic mass is 32.1. The van der Waals surface area contributed by atoms with E-state index in [0.717, 1.165) is 29.8 Å². The molecule has 1 aliphatic rings. The second-order valence-corrected chi connectivity index (χ2v) is 5.42. The van der Waals surface area contributed by atoms with Gasteiger partial charge in [-0.1, -0.05) is 0 Å². The number of nitrogens with zero attached hydrogens (tertiary/aromatic N) is 2. The van der Waals surface area contributed by atoms with Gasteiger partial charge in [0, 0.05) is 30.2 Å². The van der Waals surface area contributed by atoms with E-state index in [1.54, 1.807) is 5.38 Å². The molecular formula is C14H14N2OS. The Morgan fingerprint density at radius 3 is 3.11 bits per heavy atom. The third-order valence-electron chi connectivity index (χ3n) is 3.32. The van der Waals surface area contributed by atoms with E-state index < -0.39 is 0 Å². The number of fused-ring (bicyclic) bond motifs is 1. The lowest BCUT2D eigenvalue weighted by atomic mass is 10.00. The van der Waals surface area contributed by atoms with Crippen molar-refractivity contribution in [3.8, 4) is 10.6 Å². The molecule has 0 radical (unpaired) electrons. The molecule has 0 aliphatic carbocycles. The number of hydrogen-bond acceptors (Lipinski definition) is 4. The van der Waals surface area contributed by atoms with Gasteiger partial charge in [-0.25, -0.2) is 4.98 Å². The summed E-state index contributed by atoms with van der Waals surface area (Å²) in [6.07, 6.45) is 3.12. The quantitative estimate of drug-likeness (QED) is 0.776. The average molecular weight is 258 g/mol. The smallest absolute Gasteiger partial charge is 0.169 e. The third kappa shape index (κ3) is 1.93. The zero-order valence-electron chi connectivity index (χ0n) is 10.2. The second kappa shape index (κ2) is 4.53. The lowest BCUT2D eigenvalue weighted by Crippen LogP contribution is -2.24. The van der Waals surface area contributed by atoms with Gasteiger partial charge in [0.1, 0.15) is 10.7 Å². The molecule has 0 atom stereocenters. The molecule has 18 heavy (non-hydrogen) atoms. The highest BCUT2D eigenvalue weighted by Crippen LogP contribution is 2.31. The van der Waals surface area contributed by atoms with Gasteiger partial charge in [0.15, 0.2) is 6.29 Å². The molecule has 3 rings (SSSR count). The van der Waals surface area contributed by atoms with Crippen molar-refractivity contribution in [1.29, 1.82) is 0 Å². The van der Waals surface area contributed by atoms with E-state index in [2.05, 4.69) is 35.1 Å². The maximum absolute atomic E-state index is 10.7. The van der Waals surface area contributed by atoms with Crippen LogP contribution in [0.3, 0.4) is 0 Å². The van der Waals surface area contributed by atoms with Crippen LogP contribution in [0.2, 0.25) is 0 Å². The SMILES string of the molecule is CN1CCCc2cc(-c3nc(C=O)cs3)ccc21. The molecule has 0 saturated carbocycles. The number of hydrogen-bond donors (Lipinski definition) is 0. The zero-order valence-corrected chi connectivity index (χ0v) is 11.0. The first-order valence-corrected chi connectivity index (χ1v) is 6.91. The Bertz CT molecular complexity index is 591. The summed E-state index contributed by atoms with van der Waals surface area (Å²) in [6, 6.07) is 6.46. The van der Waals surface area contributed by atoms with Crippen molar-refractivity contribution in [3.63, 3.8) is 0 Å². The van der Waals surface area contributed by atoms with Gasteiger partial charge < -0.3 is 4.90 Å². The molecule has 0 spiro atoms. The number of anilines is 1. The monoisotopic (exact) mass is 258 g/mol. The first kappa shape index (κ1) is 11.4. The van der Waals surface area contributed by atoms with Crippen LogP contribution < -0.4 is 4.90 Å². The summed E-state index contributed by atoms with van der Waals surface area (Å²) in [4.78, 5) is 17.3. The molecule has 92 valence electrons. The van der Waals surface area contributed by atoms with Crippen molar-refractivity contribution in [3.05, 3.63) is 34.8 Å². The number of aryl methyl sites for hydroxylation is 1. The summed E-state index contributed by atoms with van der Waals surface area (Å²) in [6.45, 7) is 1.12. The molecule has 3 nitrogen and oxygen atoms in total. The van der Waals surface area contributed by atoms with Crippen LogP contribution in [0, 0.1) is 0 Å². The Morgan fingerprint density at radius 1 is 1.44 bits per heavy atom. The average Bonchev–Trinajstić information content (AvgIpc) is 2.87. The topological polar surface area (TPSA) is 33.2 Å². The minimum absolute atomic E-state index is 0.518. The Morgan fingerprint density at radius 2 is 2.33 bits per heavy atom.